The fourth-order valence-corrected chi connectivity index (χ4v) is 3.25. The Morgan fingerprint density at radius 2 is 1.74 bits per heavy atom. The van der Waals surface area contributed by atoms with Gasteiger partial charge < -0.3 is 5.73 Å². The van der Waals surface area contributed by atoms with Crippen LogP contribution in [0.25, 0.3) is 0 Å². The summed E-state index contributed by atoms with van der Waals surface area (Å²) in [7, 11) is 0. The van der Waals surface area contributed by atoms with Crippen molar-refractivity contribution in [1.82, 2.24) is 9.97 Å². The maximum atomic E-state index is 5.73. The van der Waals surface area contributed by atoms with E-state index >= 15 is 0 Å². The van der Waals surface area contributed by atoms with Gasteiger partial charge in [0.1, 0.15) is 5.82 Å². The van der Waals surface area contributed by atoms with E-state index < -0.39 is 0 Å². The molecule has 0 spiro atoms. The summed E-state index contributed by atoms with van der Waals surface area (Å²) in [5.74, 6) is 2.50. The van der Waals surface area contributed by atoms with Crippen LogP contribution >= 0.6 is 0 Å². The van der Waals surface area contributed by atoms with Crippen molar-refractivity contribution in [3.63, 3.8) is 0 Å². The van der Waals surface area contributed by atoms with Crippen LogP contribution < -0.4 is 5.73 Å². The molecule has 1 aliphatic carbocycles. The van der Waals surface area contributed by atoms with Gasteiger partial charge in [-0.05, 0) is 56.6 Å². The molecule has 2 atom stereocenters. The summed E-state index contributed by atoms with van der Waals surface area (Å²) in [6.45, 7) is 7.39. The Kier molecular flexibility index (Phi) is 4.92. The first-order valence-electron chi connectivity index (χ1n) is 7.78. The monoisotopic (exact) mass is 261 g/mol. The van der Waals surface area contributed by atoms with Gasteiger partial charge in [0.05, 0.1) is 0 Å². The Bertz CT molecular complexity index is 403. The predicted octanol–water partition coefficient (Wildman–Crippen LogP) is 3.01. The molecule has 0 radical (unpaired) electrons. The number of hydrogen-bond donors (Lipinski definition) is 1. The van der Waals surface area contributed by atoms with Gasteiger partial charge in [-0.1, -0.05) is 20.8 Å². The number of rotatable bonds is 5. The first-order valence-corrected chi connectivity index (χ1v) is 7.78. The highest BCUT2D eigenvalue weighted by molar-refractivity contribution is 5.28. The first-order chi connectivity index (χ1) is 9.19. The third kappa shape index (κ3) is 3.14. The quantitative estimate of drug-likeness (QED) is 0.886. The average Bonchev–Trinajstić information content (AvgIpc) is 2.85. The Balaban J connectivity index is 2.35. The lowest BCUT2D eigenvalue weighted by molar-refractivity contribution is 0.581. The molecule has 1 heterocycles. The van der Waals surface area contributed by atoms with Crippen LogP contribution in [0.1, 0.15) is 68.7 Å². The van der Waals surface area contributed by atoms with Crippen LogP contribution in [0.3, 0.4) is 0 Å². The van der Waals surface area contributed by atoms with Gasteiger partial charge in [-0.15, -0.1) is 0 Å². The molecule has 3 heteroatoms. The molecule has 1 aliphatic rings. The maximum Gasteiger partial charge on any atom is 0.131 e. The molecule has 2 N–H and O–H groups in total. The van der Waals surface area contributed by atoms with Crippen LogP contribution in [0.4, 0.5) is 0 Å². The van der Waals surface area contributed by atoms with Gasteiger partial charge in [0, 0.05) is 17.3 Å². The van der Waals surface area contributed by atoms with E-state index in [-0.39, 0.29) is 0 Å². The molecule has 0 bridgehead atoms. The summed E-state index contributed by atoms with van der Waals surface area (Å²) in [5, 5.41) is 0. The van der Waals surface area contributed by atoms with Crippen LogP contribution in [0.15, 0.2) is 0 Å². The Hall–Kier alpha value is -0.960. The summed E-state index contributed by atoms with van der Waals surface area (Å²) in [4.78, 5) is 9.74. The molecule has 1 saturated carbocycles. The Labute approximate surface area is 117 Å². The predicted molar refractivity (Wildman–Crippen MR) is 79.3 cm³/mol. The van der Waals surface area contributed by atoms with Crippen molar-refractivity contribution in [3.05, 3.63) is 22.8 Å². The van der Waals surface area contributed by atoms with Gasteiger partial charge in [-0.3, -0.25) is 0 Å². The smallest absolute Gasteiger partial charge is 0.131 e. The maximum absolute atomic E-state index is 5.73. The zero-order chi connectivity index (χ0) is 13.8. The lowest BCUT2D eigenvalue weighted by atomic mass is 10.0. The summed E-state index contributed by atoms with van der Waals surface area (Å²) >= 11 is 0. The van der Waals surface area contributed by atoms with Crippen LogP contribution in [0.2, 0.25) is 0 Å². The molecule has 0 saturated heterocycles. The Morgan fingerprint density at radius 3 is 2.16 bits per heavy atom. The molecule has 1 aromatic heterocycles. The van der Waals surface area contributed by atoms with Crippen molar-refractivity contribution in [2.24, 2.45) is 11.7 Å². The van der Waals surface area contributed by atoms with Crippen LogP contribution in [0, 0.1) is 5.92 Å². The van der Waals surface area contributed by atoms with Gasteiger partial charge in [0.2, 0.25) is 0 Å². The largest absolute Gasteiger partial charge is 0.330 e. The molecule has 3 nitrogen and oxygen atoms in total. The van der Waals surface area contributed by atoms with Crippen LogP contribution in [-0.4, -0.2) is 16.5 Å². The SMILES string of the molecule is CCc1nc(C2CCC(C)C2)nc(CC)c1CCN. The molecular formula is C16H27N3. The van der Waals surface area contributed by atoms with Crippen molar-refractivity contribution < 1.29 is 0 Å². The van der Waals surface area contributed by atoms with Gasteiger partial charge in [0.15, 0.2) is 0 Å². The highest BCUT2D eigenvalue weighted by Crippen LogP contribution is 2.36. The van der Waals surface area contributed by atoms with E-state index in [0.717, 1.165) is 31.0 Å². The summed E-state index contributed by atoms with van der Waals surface area (Å²) in [6, 6.07) is 0. The fourth-order valence-electron chi connectivity index (χ4n) is 3.25. The van der Waals surface area contributed by atoms with Crippen LogP contribution in [-0.2, 0) is 19.3 Å². The van der Waals surface area contributed by atoms with E-state index in [2.05, 4.69) is 20.8 Å². The van der Waals surface area contributed by atoms with Crippen LogP contribution in [0.5, 0.6) is 0 Å². The molecule has 2 unspecified atom stereocenters. The van der Waals surface area contributed by atoms with Crippen molar-refractivity contribution >= 4 is 0 Å². The molecule has 0 aliphatic heterocycles. The third-order valence-corrected chi connectivity index (χ3v) is 4.32. The number of nitrogens with two attached hydrogens (primary N) is 1. The average molecular weight is 261 g/mol. The number of hydrogen-bond acceptors (Lipinski definition) is 3. The minimum Gasteiger partial charge on any atom is -0.330 e. The van der Waals surface area contributed by atoms with Crippen molar-refractivity contribution in [2.75, 3.05) is 6.54 Å². The van der Waals surface area contributed by atoms with Gasteiger partial charge in [-0.25, -0.2) is 9.97 Å². The van der Waals surface area contributed by atoms with E-state index in [1.165, 1.54) is 36.2 Å². The molecule has 0 aromatic carbocycles. The Morgan fingerprint density at radius 1 is 1.11 bits per heavy atom. The highest BCUT2D eigenvalue weighted by atomic mass is 14.9. The fraction of sp³-hybridized carbons (Fsp3) is 0.750. The van der Waals surface area contributed by atoms with Gasteiger partial charge in [-0.2, -0.15) is 0 Å². The second-order valence-corrected chi connectivity index (χ2v) is 5.81. The molecule has 0 amide bonds. The van der Waals surface area contributed by atoms with E-state index in [0.29, 0.717) is 12.5 Å². The zero-order valence-electron chi connectivity index (χ0n) is 12.6. The van der Waals surface area contributed by atoms with Crippen molar-refractivity contribution in [3.8, 4) is 0 Å². The lowest BCUT2D eigenvalue weighted by Gasteiger charge is -2.16. The van der Waals surface area contributed by atoms with Crippen molar-refractivity contribution in [1.29, 1.82) is 0 Å². The second-order valence-electron chi connectivity index (χ2n) is 5.81. The molecule has 1 fully saturated rings. The molecule has 2 rings (SSSR count). The van der Waals surface area contributed by atoms with E-state index in [9.17, 15) is 0 Å². The highest BCUT2D eigenvalue weighted by Gasteiger charge is 2.26. The third-order valence-electron chi connectivity index (χ3n) is 4.32. The minimum absolute atomic E-state index is 0.581. The summed E-state index contributed by atoms with van der Waals surface area (Å²) in [6.07, 6.45) is 6.71. The van der Waals surface area contributed by atoms with Gasteiger partial charge >= 0.3 is 0 Å². The topological polar surface area (TPSA) is 51.8 Å². The van der Waals surface area contributed by atoms with Gasteiger partial charge in [0.25, 0.3) is 0 Å². The summed E-state index contributed by atoms with van der Waals surface area (Å²) in [5.41, 5.74) is 9.50. The number of aromatic nitrogens is 2. The standard InChI is InChI=1S/C16H27N3/c1-4-14-13(8-9-17)15(5-2)19-16(18-14)12-7-6-11(3)10-12/h11-12H,4-10,17H2,1-3H3. The second kappa shape index (κ2) is 6.47. The van der Waals surface area contributed by atoms with E-state index in [1.54, 1.807) is 0 Å². The number of nitrogens with zero attached hydrogens (tertiary/aromatic N) is 2. The zero-order valence-corrected chi connectivity index (χ0v) is 12.6. The van der Waals surface area contributed by atoms with Crippen molar-refractivity contribution in [2.45, 2.75) is 65.2 Å². The minimum atomic E-state index is 0.581. The molecule has 106 valence electrons. The number of aryl methyl sites for hydroxylation is 2. The lowest BCUT2D eigenvalue weighted by Crippen LogP contribution is -2.14. The molecule has 19 heavy (non-hydrogen) atoms. The molecular weight excluding hydrogens is 234 g/mol. The normalized spacial score (nSPS) is 22.9. The first kappa shape index (κ1) is 14.4. The summed E-state index contributed by atoms with van der Waals surface area (Å²) < 4.78 is 0. The molecule has 1 aromatic rings. The van der Waals surface area contributed by atoms with E-state index in [4.69, 9.17) is 15.7 Å². The van der Waals surface area contributed by atoms with E-state index in [1.807, 2.05) is 0 Å².